The highest BCUT2D eigenvalue weighted by Gasteiger charge is 2.23. The van der Waals surface area contributed by atoms with Crippen molar-refractivity contribution in [3.8, 4) is 5.75 Å². The van der Waals surface area contributed by atoms with Crippen molar-refractivity contribution in [3.05, 3.63) is 70.3 Å². The maximum Gasteiger partial charge on any atom is 0.274 e. The Labute approximate surface area is 165 Å². The number of nitrogens with one attached hydrogen (secondary N) is 1. The highest BCUT2D eigenvalue weighted by Crippen LogP contribution is 2.20. The summed E-state index contributed by atoms with van der Waals surface area (Å²) >= 11 is 0. The van der Waals surface area contributed by atoms with Gasteiger partial charge in [-0.25, -0.2) is 4.99 Å². The van der Waals surface area contributed by atoms with E-state index in [-0.39, 0.29) is 23.3 Å². The molecule has 0 spiro atoms. The van der Waals surface area contributed by atoms with Gasteiger partial charge in [0.1, 0.15) is 11.9 Å². The van der Waals surface area contributed by atoms with Crippen molar-refractivity contribution in [1.29, 1.82) is 0 Å². The largest absolute Gasteiger partial charge is 0.490 e. The number of rotatable bonds is 6. The third-order valence-electron chi connectivity index (χ3n) is 4.71. The maximum absolute atomic E-state index is 11.2. The van der Waals surface area contributed by atoms with Crippen molar-refractivity contribution in [2.45, 2.75) is 32.4 Å². The first-order valence-electron chi connectivity index (χ1n) is 9.64. The van der Waals surface area contributed by atoms with Crippen LogP contribution in [0.15, 0.2) is 59.6 Å². The Hall–Kier alpha value is -3.09. The molecule has 1 aliphatic rings. The molecule has 7 nitrogen and oxygen atoms in total. The number of ether oxygens (including phenoxy) is 1. The van der Waals surface area contributed by atoms with Gasteiger partial charge in [0.25, 0.3) is 5.69 Å². The summed E-state index contributed by atoms with van der Waals surface area (Å²) in [4.78, 5) is 17.7. The molecule has 0 bridgehead atoms. The molecule has 1 aliphatic heterocycles. The minimum atomic E-state index is -0.357. The molecule has 2 aromatic rings. The predicted octanol–water partition coefficient (Wildman–Crippen LogP) is 3.60. The van der Waals surface area contributed by atoms with Crippen LogP contribution in [0.25, 0.3) is 0 Å². The first-order valence-corrected chi connectivity index (χ1v) is 9.64. The molecule has 0 atom stereocenters. The molecule has 2 aromatic carbocycles. The van der Waals surface area contributed by atoms with Gasteiger partial charge in [-0.15, -0.1) is 0 Å². The van der Waals surface area contributed by atoms with E-state index in [0.29, 0.717) is 5.56 Å². The average Bonchev–Trinajstić information content (AvgIpc) is 2.73. The lowest BCUT2D eigenvalue weighted by Gasteiger charge is -2.34. The van der Waals surface area contributed by atoms with Gasteiger partial charge in [-0.2, -0.15) is 0 Å². The fourth-order valence-corrected chi connectivity index (χ4v) is 3.29. The molecule has 3 rings (SSSR count). The molecule has 0 aromatic heterocycles. The van der Waals surface area contributed by atoms with Crippen LogP contribution in [0.4, 0.5) is 5.69 Å². The molecule has 28 heavy (non-hydrogen) atoms. The van der Waals surface area contributed by atoms with E-state index >= 15 is 0 Å². The summed E-state index contributed by atoms with van der Waals surface area (Å²) in [6.07, 6.45) is 2.01. The molecule has 1 N–H and O–H groups in total. The Morgan fingerprint density at radius 2 is 1.86 bits per heavy atom. The molecular formula is C21H26N4O3. The zero-order valence-electron chi connectivity index (χ0n) is 16.1. The van der Waals surface area contributed by atoms with E-state index in [1.807, 2.05) is 37.3 Å². The van der Waals surface area contributed by atoms with Crippen LogP contribution in [0.1, 0.15) is 25.3 Å². The van der Waals surface area contributed by atoms with Crippen LogP contribution in [0.3, 0.4) is 0 Å². The van der Waals surface area contributed by atoms with E-state index < -0.39 is 0 Å². The summed E-state index contributed by atoms with van der Waals surface area (Å²) in [7, 11) is 0. The molecular weight excluding hydrogens is 356 g/mol. The SMILES string of the molecule is CCNC(=NCc1ccccc1[N+](=O)[O-])N1CCC(Oc2ccccc2)CC1. The third-order valence-corrected chi connectivity index (χ3v) is 4.71. The number of hydrogen-bond acceptors (Lipinski definition) is 4. The van der Waals surface area contributed by atoms with Crippen LogP contribution in [0.2, 0.25) is 0 Å². The van der Waals surface area contributed by atoms with E-state index in [2.05, 4.69) is 15.2 Å². The Balaban J connectivity index is 1.62. The van der Waals surface area contributed by atoms with Crippen LogP contribution in [-0.2, 0) is 6.54 Å². The predicted molar refractivity (Wildman–Crippen MR) is 110 cm³/mol. The smallest absolute Gasteiger partial charge is 0.274 e. The summed E-state index contributed by atoms with van der Waals surface area (Å²) in [5.41, 5.74) is 0.724. The second kappa shape index (κ2) is 9.73. The first-order chi connectivity index (χ1) is 13.7. The van der Waals surface area contributed by atoms with Gasteiger partial charge in [-0.05, 0) is 19.1 Å². The van der Waals surface area contributed by atoms with E-state index in [9.17, 15) is 10.1 Å². The van der Waals surface area contributed by atoms with Crippen LogP contribution < -0.4 is 10.1 Å². The van der Waals surface area contributed by atoms with Gasteiger partial charge in [0, 0.05) is 38.5 Å². The van der Waals surface area contributed by atoms with Gasteiger partial charge in [0.05, 0.1) is 17.0 Å². The van der Waals surface area contributed by atoms with Crippen molar-refractivity contribution < 1.29 is 9.66 Å². The van der Waals surface area contributed by atoms with Gasteiger partial charge >= 0.3 is 0 Å². The van der Waals surface area contributed by atoms with Crippen molar-refractivity contribution in [2.75, 3.05) is 19.6 Å². The number of guanidine groups is 1. The maximum atomic E-state index is 11.2. The van der Waals surface area contributed by atoms with Crippen LogP contribution >= 0.6 is 0 Å². The number of piperidine rings is 1. The highest BCUT2D eigenvalue weighted by molar-refractivity contribution is 5.80. The number of para-hydroxylation sites is 2. The Morgan fingerprint density at radius 1 is 1.18 bits per heavy atom. The minimum Gasteiger partial charge on any atom is -0.490 e. The quantitative estimate of drug-likeness (QED) is 0.357. The summed E-state index contributed by atoms with van der Waals surface area (Å²) < 4.78 is 6.05. The molecule has 0 radical (unpaired) electrons. The number of hydrogen-bond donors (Lipinski definition) is 1. The van der Waals surface area contributed by atoms with E-state index in [1.54, 1.807) is 18.2 Å². The summed E-state index contributed by atoms with van der Waals surface area (Å²) in [6, 6.07) is 16.6. The highest BCUT2D eigenvalue weighted by atomic mass is 16.6. The second-order valence-electron chi connectivity index (χ2n) is 6.67. The lowest BCUT2D eigenvalue weighted by atomic mass is 10.1. The monoisotopic (exact) mass is 382 g/mol. The minimum absolute atomic E-state index is 0.108. The van der Waals surface area contributed by atoms with Crippen molar-refractivity contribution in [3.63, 3.8) is 0 Å². The van der Waals surface area contributed by atoms with Gasteiger partial charge < -0.3 is 15.0 Å². The van der Waals surface area contributed by atoms with Crippen molar-refractivity contribution in [1.82, 2.24) is 10.2 Å². The average molecular weight is 382 g/mol. The van der Waals surface area contributed by atoms with Crippen LogP contribution in [0.5, 0.6) is 5.75 Å². The molecule has 148 valence electrons. The fourth-order valence-electron chi connectivity index (χ4n) is 3.29. The summed E-state index contributed by atoms with van der Waals surface area (Å²) in [5, 5.41) is 14.5. The molecule has 0 aliphatic carbocycles. The van der Waals surface area contributed by atoms with Gasteiger partial charge in [-0.3, -0.25) is 10.1 Å². The second-order valence-corrected chi connectivity index (χ2v) is 6.67. The fraction of sp³-hybridized carbons (Fsp3) is 0.381. The molecule has 0 unspecified atom stereocenters. The molecule has 1 heterocycles. The molecule has 0 saturated carbocycles. The van der Waals surface area contributed by atoms with Crippen LogP contribution in [-0.4, -0.2) is 41.5 Å². The number of likely N-dealkylation sites (tertiary alicyclic amines) is 1. The van der Waals surface area contributed by atoms with Gasteiger partial charge in [0.15, 0.2) is 5.96 Å². The third kappa shape index (κ3) is 5.22. The number of aliphatic imine (C=N–C) groups is 1. The van der Waals surface area contributed by atoms with Crippen molar-refractivity contribution in [2.24, 2.45) is 4.99 Å². The summed E-state index contributed by atoms with van der Waals surface area (Å²) in [5.74, 6) is 1.69. The van der Waals surface area contributed by atoms with E-state index in [0.717, 1.165) is 44.2 Å². The zero-order chi connectivity index (χ0) is 19.8. The van der Waals surface area contributed by atoms with Crippen molar-refractivity contribution >= 4 is 11.6 Å². The summed E-state index contributed by atoms with van der Waals surface area (Å²) in [6.45, 7) is 4.71. The Kier molecular flexibility index (Phi) is 6.84. The molecule has 7 heteroatoms. The Morgan fingerprint density at radius 3 is 2.54 bits per heavy atom. The zero-order valence-corrected chi connectivity index (χ0v) is 16.1. The standard InChI is InChI=1S/C21H26N4O3/c1-2-22-21(23-16-17-8-6-7-11-20(17)25(26)27)24-14-12-19(13-15-24)28-18-9-4-3-5-10-18/h3-11,19H,2,12-16H2,1H3,(H,22,23). The van der Waals surface area contributed by atoms with Gasteiger partial charge in [-0.1, -0.05) is 36.4 Å². The molecule has 0 amide bonds. The molecule has 1 fully saturated rings. The number of nitro groups is 1. The number of nitro benzene ring substituents is 1. The lowest BCUT2D eigenvalue weighted by Crippen LogP contribution is -2.47. The van der Waals surface area contributed by atoms with Crippen LogP contribution in [0, 0.1) is 10.1 Å². The number of benzene rings is 2. The lowest BCUT2D eigenvalue weighted by molar-refractivity contribution is -0.385. The number of nitrogens with zero attached hydrogens (tertiary/aromatic N) is 3. The Bertz CT molecular complexity index is 802. The molecule has 1 saturated heterocycles. The first kappa shape index (κ1) is 19.7. The van der Waals surface area contributed by atoms with E-state index in [4.69, 9.17) is 4.74 Å². The van der Waals surface area contributed by atoms with E-state index in [1.165, 1.54) is 6.07 Å². The van der Waals surface area contributed by atoms with Gasteiger partial charge in [0.2, 0.25) is 0 Å². The normalized spacial score (nSPS) is 15.3. The topological polar surface area (TPSA) is 80.0 Å².